The Morgan fingerprint density at radius 2 is 2.31 bits per heavy atom. The van der Waals surface area contributed by atoms with Gasteiger partial charge in [0.15, 0.2) is 0 Å². The highest BCUT2D eigenvalue weighted by Crippen LogP contribution is 2.25. The fourth-order valence-electron chi connectivity index (χ4n) is 2.63. The van der Waals surface area contributed by atoms with Crippen molar-refractivity contribution in [1.29, 1.82) is 0 Å². The summed E-state index contributed by atoms with van der Waals surface area (Å²) in [6.45, 7) is 9.27. The van der Waals surface area contributed by atoms with Crippen LogP contribution in [0.5, 0.6) is 0 Å². The van der Waals surface area contributed by atoms with Gasteiger partial charge in [-0.15, -0.1) is 0 Å². The van der Waals surface area contributed by atoms with Crippen molar-refractivity contribution in [2.24, 2.45) is 0 Å². The van der Waals surface area contributed by atoms with Gasteiger partial charge in [-0.05, 0) is 13.8 Å². The van der Waals surface area contributed by atoms with Crippen molar-refractivity contribution < 1.29 is 9.47 Å². The molecule has 2 heterocycles. The van der Waals surface area contributed by atoms with Crippen LogP contribution in [0.2, 0.25) is 0 Å². The van der Waals surface area contributed by atoms with Crippen molar-refractivity contribution in [2.45, 2.75) is 38.0 Å². The number of ether oxygens (including phenoxy) is 2. The maximum atomic E-state index is 5.70. The van der Waals surface area contributed by atoms with Crippen molar-refractivity contribution in [3.05, 3.63) is 0 Å². The zero-order chi connectivity index (χ0) is 11.6. The Morgan fingerprint density at radius 1 is 1.50 bits per heavy atom. The number of rotatable bonds is 3. The molecule has 4 heteroatoms. The lowest BCUT2D eigenvalue weighted by atomic mass is 10.00. The van der Waals surface area contributed by atoms with Crippen molar-refractivity contribution >= 4 is 0 Å². The molecule has 0 aromatic carbocycles. The summed E-state index contributed by atoms with van der Waals surface area (Å²) in [4.78, 5) is 2.53. The van der Waals surface area contributed by atoms with Gasteiger partial charge in [0.05, 0.1) is 6.61 Å². The Kier molecular flexibility index (Phi) is 3.85. The number of methoxy groups -OCH3 is 1. The maximum absolute atomic E-state index is 5.70. The third kappa shape index (κ3) is 2.56. The minimum atomic E-state index is -0.0642. The second-order valence-corrected chi connectivity index (χ2v) is 5.28. The molecule has 2 aliphatic rings. The molecule has 0 aromatic rings. The minimum absolute atomic E-state index is 0.0642. The van der Waals surface area contributed by atoms with E-state index in [9.17, 15) is 0 Å². The van der Waals surface area contributed by atoms with E-state index in [-0.39, 0.29) is 5.60 Å². The van der Waals surface area contributed by atoms with E-state index in [0.717, 1.165) is 39.3 Å². The molecule has 0 aliphatic carbocycles. The third-order valence-electron chi connectivity index (χ3n) is 3.88. The largest absolute Gasteiger partial charge is 0.378 e. The lowest BCUT2D eigenvalue weighted by molar-refractivity contribution is -0.0527. The van der Waals surface area contributed by atoms with Gasteiger partial charge < -0.3 is 14.8 Å². The normalized spacial score (nSPS) is 41.4. The van der Waals surface area contributed by atoms with Gasteiger partial charge in [0, 0.05) is 51.9 Å². The van der Waals surface area contributed by atoms with E-state index in [4.69, 9.17) is 9.47 Å². The lowest BCUT2D eigenvalue weighted by Gasteiger charge is -2.41. The molecular weight excluding hydrogens is 204 g/mol. The molecule has 16 heavy (non-hydrogen) atoms. The summed E-state index contributed by atoms with van der Waals surface area (Å²) in [5.41, 5.74) is -0.0642. The highest BCUT2D eigenvalue weighted by molar-refractivity contribution is 4.92. The van der Waals surface area contributed by atoms with Crippen LogP contribution >= 0.6 is 0 Å². The van der Waals surface area contributed by atoms with Crippen LogP contribution in [0.25, 0.3) is 0 Å². The van der Waals surface area contributed by atoms with Crippen molar-refractivity contribution in [2.75, 3.05) is 40.0 Å². The highest BCUT2D eigenvalue weighted by Gasteiger charge is 2.38. The van der Waals surface area contributed by atoms with Gasteiger partial charge in [0.2, 0.25) is 0 Å². The van der Waals surface area contributed by atoms with E-state index < -0.39 is 0 Å². The molecule has 3 atom stereocenters. The molecule has 4 nitrogen and oxygen atoms in total. The van der Waals surface area contributed by atoms with Gasteiger partial charge in [-0.1, -0.05) is 0 Å². The molecule has 0 saturated carbocycles. The quantitative estimate of drug-likeness (QED) is 0.761. The number of piperazine rings is 1. The second kappa shape index (κ2) is 5.00. The van der Waals surface area contributed by atoms with Crippen LogP contribution < -0.4 is 5.32 Å². The first-order valence-electron chi connectivity index (χ1n) is 6.25. The standard InChI is InChI=1S/C12H24N2O2/c1-10-7-14(11(2)6-13-10)8-12(15-3)4-5-16-9-12/h10-11,13H,4-9H2,1-3H3. The van der Waals surface area contributed by atoms with E-state index in [0.29, 0.717) is 12.1 Å². The lowest BCUT2D eigenvalue weighted by Crippen LogP contribution is -2.58. The molecule has 2 rings (SSSR count). The van der Waals surface area contributed by atoms with Crippen LogP contribution in [0, 0.1) is 0 Å². The van der Waals surface area contributed by atoms with E-state index in [1.807, 2.05) is 7.11 Å². The Balaban J connectivity index is 1.96. The summed E-state index contributed by atoms with van der Waals surface area (Å²) in [5.74, 6) is 0. The zero-order valence-corrected chi connectivity index (χ0v) is 10.7. The van der Waals surface area contributed by atoms with Gasteiger partial charge >= 0.3 is 0 Å². The molecule has 0 bridgehead atoms. The van der Waals surface area contributed by atoms with Crippen LogP contribution in [0.4, 0.5) is 0 Å². The molecule has 2 fully saturated rings. The van der Waals surface area contributed by atoms with Crippen LogP contribution in [-0.4, -0.2) is 62.5 Å². The van der Waals surface area contributed by atoms with E-state index in [1.165, 1.54) is 0 Å². The molecule has 0 radical (unpaired) electrons. The predicted molar refractivity (Wildman–Crippen MR) is 63.7 cm³/mol. The SMILES string of the molecule is COC1(CN2CC(C)NCC2C)CCOC1. The number of nitrogens with one attached hydrogen (secondary N) is 1. The van der Waals surface area contributed by atoms with E-state index >= 15 is 0 Å². The van der Waals surface area contributed by atoms with Crippen LogP contribution in [-0.2, 0) is 9.47 Å². The van der Waals surface area contributed by atoms with E-state index in [2.05, 4.69) is 24.1 Å². The minimum Gasteiger partial charge on any atom is -0.378 e. The molecule has 2 saturated heterocycles. The third-order valence-corrected chi connectivity index (χ3v) is 3.88. The molecular formula is C12H24N2O2. The topological polar surface area (TPSA) is 33.7 Å². The zero-order valence-electron chi connectivity index (χ0n) is 10.7. The van der Waals surface area contributed by atoms with Crippen molar-refractivity contribution in [3.8, 4) is 0 Å². The number of nitrogens with zero attached hydrogens (tertiary/aromatic N) is 1. The summed E-state index contributed by atoms with van der Waals surface area (Å²) in [5, 5.41) is 3.50. The smallest absolute Gasteiger partial charge is 0.106 e. The molecule has 94 valence electrons. The molecule has 2 aliphatic heterocycles. The Bertz CT molecular complexity index is 229. The molecule has 3 unspecified atom stereocenters. The molecule has 1 N–H and O–H groups in total. The molecule has 0 spiro atoms. The van der Waals surface area contributed by atoms with Gasteiger partial charge in [-0.25, -0.2) is 0 Å². The summed E-state index contributed by atoms with van der Waals surface area (Å²) in [6.07, 6.45) is 1.02. The summed E-state index contributed by atoms with van der Waals surface area (Å²) in [6, 6.07) is 1.16. The summed E-state index contributed by atoms with van der Waals surface area (Å²) in [7, 11) is 1.81. The highest BCUT2D eigenvalue weighted by atomic mass is 16.5. The van der Waals surface area contributed by atoms with Crippen molar-refractivity contribution in [3.63, 3.8) is 0 Å². The van der Waals surface area contributed by atoms with E-state index in [1.54, 1.807) is 0 Å². The fraction of sp³-hybridized carbons (Fsp3) is 1.00. The first-order chi connectivity index (χ1) is 7.65. The fourth-order valence-corrected chi connectivity index (χ4v) is 2.63. The predicted octanol–water partition coefficient (Wildman–Crippen LogP) is 0.474. The van der Waals surface area contributed by atoms with Gasteiger partial charge in [0.1, 0.15) is 5.60 Å². The van der Waals surface area contributed by atoms with Crippen LogP contribution in [0.1, 0.15) is 20.3 Å². The Hall–Kier alpha value is -0.160. The average molecular weight is 228 g/mol. The maximum Gasteiger partial charge on any atom is 0.106 e. The van der Waals surface area contributed by atoms with Crippen LogP contribution in [0.3, 0.4) is 0 Å². The molecule has 0 amide bonds. The average Bonchev–Trinajstić information content (AvgIpc) is 2.73. The molecule has 0 aromatic heterocycles. The summed E-state index contributed by atoms with van der Waals surface area (Å²) >= 11 is 0. The first-order valence-corrected chi connectivity index (χ1v) is 6.25. The monoisotopic (exact) mass is 228 g/mol. The Morgan fingerprint density at radius 3 is 2.94 bits per heavy atom. The van der Waals surface area contributed by atoms with Gasteiger partial charge in [0.25, 0.3) is 0 Å². The number of hydrogen-bond acceptors (Lipinski definition) is 4. The van der Waals surface area contributed by atoms with Gasteiger partial charge in [-0.3, -0.25) is 4.90 Å². The Labute approximate surface area is 98.3 Å². The van der Waals surface area contributed by atoms with Gasteiger partial charge in [-0.2, -0.15) is 0 Å². The second-order valence-electron chi connectivity index (χ2n) is 5.28. The number of hydrogen-bond donors (Lipinski definition) is 1. The first kappa shape index (κ1) is 12.3. The summed E-state index contributed by atoms with van der Waals surface area (Å²) < 4.78 is 11.2. The van der Waals surface area contributed by atoms with Crippen LogP contribution in [0.15, 0.2) is 0 Å². The van der Waals surface area contributed by atoms with Crippen molar-refractivity contribution in [1.82, 2.24) is 10.2 Å².